The Morgan fingerprint density at radius 3 is 1.93 bits per heavy atom. The van der Waals surface area contributed by atoms with Crippen molar-refractivity contribution in [3.63, 3.8) is 0 Å². The number of hydrogen-bond acceptors (Lipinski definition) is 2. The minimum atomic E-state index is -4.95. The number of amides is 1. The Balaban J connectivity index is 1.26. The summed E-state index contributed by atoms with van der Waals surface area (Å²) in [6.07, 6.45) is -6.70. The molecule has 1 aliphatic carbocycles. The van der Waals surface area contributed by atoms with E-state index in [1.165, 1.54) is 12.1 Å². The Hall–Kier alpha value is -3.40. The highest BCUT2D eigenvalue weighted by Gasteiger charge is 2.47. The van der Waals surface area contributed by atoms with E-state index in [-0.39, 0.29) is 23.4 Å². The molecule has 0 spiro atoms. The quantitative estimate of drug-likeness (QED) is 0.276. The summed E-state index contributed by atoms with van der Waals surface area (Å²) in [4.78, 5) is 15.6. The van der Waals surface area contributed by atoms with Crippen molar-refractivity contribution in [3.05, 3.63) is 94.8 Å². The normalized spacial score (nSPS) is 19.9. The van der Waals surface area contributed by atoms with E-state index in [9.17, 15) is 35.5 Å². The second kappa shape index (κ2) is 11.1. The zero-order valence-electron chi connectivity index (χ0n) is 22.1. The number of alkyl halides is 6. The summed E-state index contributed by atoms with van der Waals surface area (Å²) in [5, 5.41) is 2.66. The molecule has 5 rings (SSSR count). The Kier molecular flexibility index (Phi) is 7.89. The van der Waals surface area contributed by atoms with Crippen LogP contribution in [-0.4, -0.2) is 23.9 Å². The molecule has 218 valence electrons. The van der Waals surface area contributed by atoms with E-state index in [1.54, 1.807) is 12.1 Å². The van der Waals surface area contributed by atoms with Crippen LogP contribution in [0.15, 0.2) is 66.7 Å². The van der Waals surface area contributed by atoms with Crippen LogP contribution in [0.3, 0.4) is 0 Å². The minimum Gasteiger partial charge on any atom is -0.352 e. The van der Waals surface area contributed by atoms with Crippen molar-refractivity contribution in [3.8, 4) is 11.1 Å². The average Bonchev–Trinajstić information content (AvgIpc) is 3.64. The van der Waals surface area contributed by atoms with Gasteiger partial charge < -0.3 is 5.32 Å². The van der Waals surface area contributed by atoms with Crippen LogP contribution < -0.4 is 5.32 Å². The maximum absolute atomic E-state index is 13.5. The third-order valence-corrected chi connectivity index (χ3v) is 7.93. The molecule has 0 radical (unpaired) electrons. The Morgan fingerprint density at radius 2 is 1.39 bits per heavy atom. The van der Waals surface area contributed by atoms with Gasteiger partial charge in [0.25, 0.3) is 0 Å². The number of carbonyl (C=O) groups excluding carboxylic acids is 1. The van der Waals surface area contributed by atoms with Crippen molar-refractivity contribution in [2.75, 3.05) is 13.1 Å². The predicted molar refractivity (Wildman–Crippen MR) is 140 cm³/mol. The standard InChI is InChI=1S/C31H29F7N2O/c32-27-9-7-24(8-10-27)23-5-3-21(4-6-23)18-40-12-11-29(19-40,16-20-1-2-20)28(41)39-17-22-13-25(30(33,34)35)15-26(14-22)31(36,37)38/h3-10,13-15,20H,1-2,11-12,16-19H2,(H,39,41). The van der Waals surface area contributed by atoms with E-state index in [2.05, 4.69) is 10.2 Å². The van der Waals surface area contributed by atoms with E-state index in [0.29, 0.717) is 50.5 Å². The lowest BCUT2D eigenvalue weighted by atomic mass is 9.80. The first-order valence-electron chi connectivity index (χ1n) is 13.4. The van der Waals surface area contributed by atoms with E-state index in [0.717, 1.165) is 29.5 Å². The molecule has 1 N–H and O–H groups in total. The number of rotatable bonds is 8. The number of likely N-dealkylation sites (tertiary alicyclic amines) is 1. The lowest BCUT2D eigenvalue weighted by Crippen LogP contribution is -2.43. The molecular formula is C31H29F7N2O. The first-order valence-corrected chi connectivity index (χ1v) is 13.4. The van der Waals surface area contributed by atoms with Gasteiger partial charge in [0.05, 0.1) is 16.5 Å². The maximum atomic E-state index is 13.5. The van der Waals surface area contributed by atoms with Crippen molar-refractivity contribution in [1.29, 1.82) is 0 Å². The van der Waals surface area contributed by atoms with Crippen LogP contribution >= 0.6 is 0 Å². The highest BCUT2D eigenvalue weighted by Crippen LogP contribution is 2.46. The summed E-state index contributed by atoms with van der Waals surface area (Å²) in [5.74, 6) is -0.260. The number of carbonyl (C=O) groups is 1. The van der Waals surface area contributed by atoms with Crippen molar-refractivity contribution in [2.24, 2.45) is 11.3 Å². The zero-order chi connectivity index (χ0) is 29.4. The van der Waals surface area contributed by atoms with Crippen LogP contribution in [0.4, 0.5) is 30.7 Å². The van der Waals surface area contributed by atoms with Crippen LogP contribution in [0.25, 0.3) is 11.1 Å². The Labute approximate surface area is 233 Å². The topological polar surface area (TPSA) is 32.3 Å². The van der Waals surface area contributed by atoms with Gasteiger partial charge in [0.1, 0.15) is 5.82 Å². The van der Waals surface area contributed by atoms with Crippen LogP contribution in [0.5, 0.6) is 0 Å². The summed E-state index contributed by atoms with van der Waals surface area (Å²) in [6.45, 7) is 1.25. The number of nitrogens with zero attached hydrogens (tertiary/aromatic N) is 1. The van der Waals surface area contributed by atoms with Crippen molar-refractivity contribution < 1.29 is 35.5 Å². The summed E-state index contributed by atoms with van der Waals surface area (Å²) in [6, 6.07) is 15.5. The van der Waals surface area contributed by atoms with Gasteiger partial charge >= 0.3 is 12.4 Å². The summed E-state index contributed by atoms with van der Waals surface area (Å²) >= 11 is 0. The van der Waals surface area contributed by atoms with Crippen LogP contribution in [0.1, 0.15) is 47.9 Å². The smallest absolute Gasteiger partial charge is 0.352 e. The molecule has 1 amide bonds. The highest BCUT2D eigenvalue weighted by atomic mass is 19.4. The van der Waals surface area contributed by atoms with Crippen molar-refractivity contribution >= 4 is 5.91 Å². The molecule has 3 nitrogen and oxygen atoms in total. The largest absolute Gasteiger partial charge is 0.416 e. The fourth-order valence-corrected chi connectivity index (χ4v) is 5.61. The fraction of sp³-hybridized carbons (Fsp3) is 0.387. The number of benzene rings is 3. The van der Waals surface area contributed by atoms with Gasteiger partial charge in [-0.25, -0.2) is 4.39 Å². The van der Waals surface area contributed by atoms with Crippen molar-refractivity contribution in [2.45, 2.75) is 51.1 Å². The number of hydrogen-bond donors (Lipinski definition) is 1. The minimum absolute atomic E-state index is 0.0843. The molecule has 3 aromatic rings. The number of halogens is 7. The predicted octanol–water partition coefficient (Wildman–Crippen LogP) is 7.84. The summed E-state index contributed by atoms with van der Waals surface area (Å²) in [7, 11) is 0. The lowest BCUT2D eigenvalue weighted by Gasteiger charge is -2.29. The molecule has 41 heavy (non-hydrogen) atoms. The molecule has 0 aromatic heterocycles. The third kappa shape index (κ3) is 7.09. The molecule has 10 heteroatoms. The SMILES string of the molecule is O=C(NCc1cc(C(F)(F)F)cc(C(F)(F)F)c1)C1(CC2CC2)CCN(Cc2ccc(-c3ccc(F)cc3)cc2)C1. The highest BCUT2D eigenvalue weighted by molar-refractivity contribution is 5.83. The first kappa shape index (κ1) is 29.1. The van der Waals surface area contributed by atoms with Gasteiger partial charge in [0, 0.05) is 19.6 Å². The van der Waals surface area contributed by atoms with Gasteiger partial charge in [0.15, 0.2) is 0 Å². The molecular weight excluding hydrogens is 549 g/mol. The second-order valence-corrected chi connectivity index (χ2v) is 11.2. The Morgan fingerprint density at radius 1 is 0.829 bits per heavy atom. The van der Waals surface area contributed by atoms with Gasteiger partial charge in [-0.2, -0.15) is 26.3 Å². The van der Waals surface area contributed by atoms with Gasteiger partial charge in [-0.3, -0.25) is 9.69 Å². The second-order valence-electron chi connectivity index (χ2n) is 11.2. The molecule has 3 aromatic carbocycles. The van der Waals surface area contributed by atoms with Gasteiger partial charge in [-0.05, 0) is 77.9 Å². The van der Waals surface area contributed by atoms with Crippen LogP contribution in [0, 0.1) is 17.2 Å². The van der Waals surface area contributed by atoms with Gasteiger partial charge in [-0.1, -0.05) is 49.2 Å². The van der Waals surface area contributed by atoms with Gasteiger partial charge in [-0.15, -0.1) is 0 Å². The zero-order valence-corrected chi connectivity index (χ0v) is 22.1. The molecule has 0 bridgehead atoms. The van der Waals surface area contributed by atoms with Crippen LogP contribution in [-0.2, 0) is 30.2 Å². The van der Waals surface area contributed by atoms with Crippen molar-refractivity contribution in [1.82, 2.24) is 10.2 Å². The molecule has 1 unspecified atom stereocenters. The molecule has 1 saturated carbocycles. The summed E-state index contributed by atoms with van der Waals surface area (Å²) < 4.78 is 92.8. The van der Waals surface area contributed by atoms with E-state index < -0.39 is 35.4 Å². The third-order valence-electron chi connectivity index (χ3n) is 7.93. The van der Waals surface area contributed by atoms with E-state index >= 15 is 0 Å². The molecule has 2 aliphatic rings. The first-order chi connectivity index (χ1) is 19.3. The average molecular weight is 579 g/mol. The molecule has 1 saturated heterocycles. The van der Waals surface area contributed by atoms with Crippen LogP contribution in [0.2, 0.25) is 0 Å². The maximum Gasteiger partial charge on any atom is 0.416 e. The lowest BCUT2D eigenvalue weighted by molar-refractivity contribution is -0.143. The number of nitrogens with one attached hydrogen (secondary N) is 1. The monoisotopic (exact) mass is 578 g/mol. The molecule has 2 fully saturated rings. The Bertz CT molecular complexity index is 1350. The van der Waals surface area contributed by atoms with E-state index in [4.69, 9.17) is 0 Å². The summed E-state index contributed by atoms with van der Waals surface area (Å²) in [5.41, 5.74) is -0.948. The fourth-order valence-electron chi connectivity index (χ4n) is 5.61. The van der Waals surface area contributed by atoms with E-state index in [1.807, 2.05) is 24.3 Å². The molecule has 1 heterocycles. The van der Waals surface area contributed by atoms with Gasteiger partial charge in [0.2, 0.25) is 5.91 Å². The molecule has 1 atom stereocenters. The molecule has 1 aliphatic heterocycles.